The third-order valence-electron chi connectivity index (χ3n) is 4.87. The third kappa shape index (κ3) is 6.55. The number of ether oxygens (including phenoxy) is 1. The third-order valence-corrected chi connectivity index (χ3v) is 6.70. The first-order chi connectivity index (χ1) is 14.6. The molecular weight excluding hydrogens is 400 g/mol. The van der Waals surface area contributed by atoms with Crippen LogP contribution < -0.4 is 10.6 Å². The molecule has 8 heteroatoms. The smallest absolute Gasteiger partial charge is 0.218 e. The second kappa shape index (κ2) is 11.1. The zero-order valence-electron chi connectivity index (χ0n) is 17.4. The highest BCUT2D eigenvalue weighted by Gasteiger charge is 2.25. The average Bonchev–Trinajstić information content (AvgIpc) is 2.78. The van der Waals surface area contributed by atoms with Crippen molar-refractivity contribution in [2.75, 3.05) is 32.8 Å². The van der Waals surface area contributed by atoms with Gasteiger partial charge < -0.3 is 15.4 Å². The molecule has 0 atom stereocenters. The Hall–Kier alpha value is -2.42. The van der Waals surface area contributed by atoms with Crippen molar-refractivity contribution in [2.24, 2.45) is 4.99 Å². The molecule has 0 aromatic heterocycles. The van der Waals surface area contributed by atoms with Gasteiger partial charge in [0, 0.05) is 26.2 Å². The predicted octanol–water partition coefficient (Wildman–Crippen LogP) is 2.10. The number of hydrogen-bond acceptors (Lipinski definition) is 4. The van der Waals surface area contributed by atoms with Gasteiger partial charge >= 0.3 is 0 Å². The molecule has 162 valence electrons. The highest BCUT2D eigenvalue weighted by molar-refractivity contribution is 7.88. The second-order valence-corrected chi connectivity index (χ2v) is 9.04. The van der Waals surface area contributed by atoms with Gasteiger partial charge in [0.25, 0.3) is 0 Å². The number of morpholine rings is 1. The summed E-state index contributed by atoms with van der Waals surface area (Å²) >= 11 is 0. The molecule has 1 heterocycles. The summed E-state index contributed by atoms with van der Waals surface area (Å²) in [6.45, 7) is 5.56. The van der Waals surface area contributed by atoms with E-state index in [0.29, 0.717) is 45.4 Å². The van der Waals surface area contributed by atoms with E-state index >= 15 is 0 Å². The first-order valence-corrected chi connectivity index (χ1v) is 11.9. The van der Waals surface area contributed by atoms with Gasteiger partial charge in [0.15, 0.2) is 5.96 Å². The highest BCUT2D eigenvalue weighted by Crippen LogP contribution is 2.16. The van der Waals surface area contributed by atoms with Crippen molar-refractivity contribution in [3.8, 4) is 0 Å². The maximum Gasteiger partial charge on any atom is 0.218 e. The molecule has 1 aliphatic rings. The molecule has 2 N–H and O–H groups in total. The molecule has 3 rings (SSSR count). The lowest BCUT2D eigenvalue weighted by Gasteiger charge is -2.26. The van der Waals surface area contributed by atoms with E-state index in [1.807, 2.05) is 61.5 Å². The van der Waals surface area contributed by atoms with E-state index in [1.54, 1.807) is 0 Å². The molecule has 1 aliphatic heterocycles. The molecule has 0 saturated carbocycles. The van der Waals surface area contributed by atoms with Gasteiger partial charge in [-0.3, -0.25) is 0 Å². The lowest BCUT2D eigenvalue weighted by atomic mass is 10.1. The fourth-order valence-electron chi connectivity index (χ4n) is 3.26. The summed E-state index contributed by atoms with van der Waals surface area (Å²) < 4.78 is 32.4. The number of nitrogens with zero attached hydrogens (tertiary/aromatic N) is 2. The van der Waals surface area contributed by atoms with E-state index in [2.05, 4.69) is 15.6 Å². The fourth-order valence-corrected chi connectivity index (χ4v) is 4.82. The van der Waals surface area contributed by atoms with E-state index in [4.69, 9.17) is 4.74 Å². The minimum Gasteiger partial charge on any atom is -0.379 e. The summed E-state index contributed by atoms with van der Waals surface area (Å²) in [5.74, 6) is 0.690. The second-order valence-electron chi connectivity index (χ2n) is 7.07. The summed E-state index contributed by atoms with van der Waals surface area (Å²) in [6.07, 6.45) is 0. The van der Waals surface area contributed by atoms with Crippen LogP contribution in [0.5, 0.6) is 0 Å². The zero-order chi connectivity index (χ0) is 21.2. The lowest BCUT2D eigenvalue weighted by molar-refractivity contribution is 0.0729. The molecule has 0 bridgehead atoms. The van der Waals surface area contributed by atoms with E-state index in [0.717, 1.165) is 23.2 Å². The number of hydrogen-bond donors (Lipinski definition) is 2. The van der Waals surface area contributed by atoms with Crippen LogP contribution in [0.25, 0.3) is 0 Å². The molecule has 1 saturated heterocycles. The van der Waals surface area contributed by atoms with Crippen LogP contribution in [0.2, 0.25) is 0 Å². The maximum atomic E-state index is 12.8. The highest BCUT2D eigenvalue weighted by atomic mass is 32.2. The van der Waals surface area contributed by atoms with Crippen molar-refractivity contribution in [3.05, 3.63) is 71.3 Å². The molecule has 1 fully saturated rings. The first-order valence-electron chi connectivity index (χ1n) is 10.3. The van der Waals surface area contributed by atoms with Gasteiger partial charge in [-0.25, -0.2) is 13.4 Å². The van der Waals surface area contributed by atoms with Crippen molar-refractivity contribution in [2.45, 2.75) is 25.8 Å². The largest absolute Gasteiger partial charge is 0.379 e. The summed E-state index contributed by atoms with van der Waals surface area (Å²) in [6, 6.07) is 17.7. The Morgan fingerprint density at radius 2 is 1.67 bits per heavy atom. The summed E-state index contributed by atoms with van der Waals surface area (Å²) in [5.41, 5.74) is 2.88. The number of sulfonamides is 1. The zero-order valence-corrected chi connectivity index (χ0v) is 18.2. The topological polar surface area (TPSA) is 83.0 Å². The molecule has 0 spiro atoms. The van der Waals surface area contributed by atoms with Crippen LogP contribution in [0.1, 0.15) is 23.6 Å². The van der Waals surface area contributed by atoms with Crippen LogP contribution in [-0.2, 0) is 33.6 Å². The van der Waals surface area contributed by atoms with Gasteiger partial charge in [0.05, 0.1) is 25.5 Å². The summed E-state index contributed by atoms with van der Waals surface area (Å²) in [5, 5.41) is 6.56. The van der Waals surface area contributed by atoms with Crippen LogP contribution in [0.3, 0.4) is 0 Å². The number of guanidine groups is 1. The molecule has 2 aromatic carbocycles. The Morgan fingerprint density at radius 1 is 1.00 bits per heavy atom. The van der Waals surface area contributed by atoms with Crippen LogP contribution in [0, 0.1) is 0 Å². The van der Waals surface area contributed by atoms with Crippen molar-refractivity contribution < 1.29 is 13.2 Å². The van der Waals surface area contributed by atoms with Crippen molar-refractivity contribution in [1.29, 1.82) is 0 Å². The predicted molar refractivity (Wildman–Crippen MR) is 120 cm³/mol. The molecule has 7 nitrogen and oxygen atoms in total. The number of nitrogens with one attached hydrogen (secondary N) is 2. The van der Waals surface area contributed by atoms with Crippen molar-refractivity contribution >= 4 is 16.0 Å². The minimum atomic E-state index is -3.37. The van der Waals surface area contributed by atoms with Crippen LogP contribution >= 0.6 is 0 Å². The van der Waals surface area contributed by atoms with Gasteiger partial charge in [-0.15, -0.1) is 0 Å². The van der Waals surface area contributed by atoms with Gasteiger partial charge in [-0.2, -0.15) is 4.31 Å². The number of aliphatic imine (C=N–C) groups is 1. The molecule has 30 heavy (non-hydrogen) atoms. The van der Waals surface area contributed by atoms with E-state index in [9.17, 15) is 8.42 Å². The molecular formula is C22H30N4O3S. The normalized spacial score (nSPS) is 15.7. The molecule has 0 amide bonds. The molecule has 0 radical (unpaired) electrons. The van der Waals surface area contributed by atoms with Crippen LogP contribution in [0.4, 0.5) is 0 Å². The summed E-state index contributed by atoms with van der Waals surface area (Å²) in [4.78, 5) is 4.63. The SMILES string of the molecule is CCNC(=NCc1ccccc1)NCc1ccccc1CS(=O)(=O)N1CCOCC1. The van der Waals surface area contributed by atoms with Gasteiger partial charge in [0.2, 0.25) is 10.0 Å². The quantitative estimate of drug-likeness (QED) is 0.495. The average molecular weight is 431 g/mol. The Morgan fingerprint density at radius 3 is 2.37 bits per heavy atom. The Bertz CT molecular complexity index is 926. The van der Waals surface area contributed by atoms with Gasteiger partial charge in [-0.05, 0) is 23.6 Å². The van der Waals surface area contributed by atoms with Crippen molar-refractivity contribution in [3.63, 3.8) is 0 Å². The van der Waals surface area contributed by atoms with E-state index in [-0.39, 0.29) is 5.75 Å². The van der Waals surface area contributed by atoms with E-state index < -0.39 is 10.0 Å². The number of benzene rings is 2. The van der Waals surface area contributed by atoms with E-state index in [1.165, 1.54) is 4.31 Å². The standard InChI is InChI=1S/C22H30N4O3S/c1-2-23-22(24-16-19-8-4-3-5-9-19)25-17-20-10-6-7-11-21(20)18-30(27,28)26-12-14-29-15-13-26/h3-11H,2,12-18H2,1H3,(H2,23,24,25). The monoisotopic (exact) mass is 430 g/mol. The van der Waals surface area contributed by atoms with Gasteiger partial charge in [-0.1, -0.05) is 54.6 Å². The Labute approximate surface area is 179 Å². The lowest BCUT2D eigenvalue weighted by Crippen LogP contribution is -2.41. The molecule has 2 aromatic rings. The van der Waals surface area contributed by atoms with Crippen molar-refractivity contribution in [1.82, 2.24) is 14.9 Å². The van der Waals surface area contributed by atoms with Crippen LogP contribution in [0.15, 0.2) is 59.6 Å². The Kier molecular flexibility index (Phi) is 8.24. The maximum absolute atomic E-state index is 12.8. The number of rotatable bonds is 8. The Balaban J connectivity index is 1.67. The fraction of sp³-hybridized carbons (Fsp3) is 0.409. The molecule has 0 unspecified atom stereocenters. The molecule has 0 aliphatic carbocycles. The van der Waals surface area contributed by atoms with Crippen LogP contribution in [-0.4, -0.2) is 51.5 Å². The summed E-state index contributed by atoms with van der Waals surface area (Å²) in [7, 11) is -3.37. The van der Waals surface area contributed by atoms with Gasteiger partial charge in [0.1, 0.15) is 0 Å². The minimum absolute atomic E-state index is 0.0114. The first kappa shape index (κ1) is 22.3.